The van der Waals surface area contributed by atoms with Crippen molar-refractivity contribution in [3.8, 4) is 28.7 Å². The van der Waals surface area contributed by atoms with Gasteiger partial charge in [0.25, 0.3) is 0 Å². The largest absolute Gasteiger partial charge is 0.494 e. The lowest BCUT2D eigenvalue weighted by atomic mass is 9.98. The summed E-state index contributed by atoms with van der Waals surface area (Å²) in [6, 6.07) is 10.3. The first-order chi connectivity index (χ1) is 14.9. The SMILES string of the molecule is COC(=O)C(=CCCCCOc1cccc(-c2ccsc2)c1)CC=CC#CC(C)(C)C. The molecule has 4 heteroatoms. The molecule has 164 valence electrons. The topological polar surface area (TPSA) is 35.5 Å². The minimum atomic E-state index is -0.282. The first kappa shape index (κ1) is 24.5. The molecule has 0 amide bonds. The van der Waals surface area contributed by atoms with Crippen molar-refractivity contribution in [2.45, 2.75) is 46.5 Å². The highest BCUT2D eigenvalue weighted by molar-refractivity contribution is 7.08. The normalized spacial score (nSPS) is 11.8. The fourth-order valence-electron chi connectivity index (χ4n) is 2.79. The van der Waals surface area contributed by atoms with Gasteiger partial charge in [0.15, 0.2) is 0 Å². The molecule has 0 aliphatic rings. The first-order valence-corrected chi connectivity index (χ1v) is 11.5. The second kappa shape index (κ2) is 12.8. The molecule has 0 radical (unpaired) electrons. The molecule has 0 saturated heterocycles. The number of rotatable bonds is 10. The van der Waals surface area contributed by atoms with E-state index < -0.39 is 0 Å². The Hall–Kier alpha value is -2.77. The Bertz CT molecular complexity index is 935. The zero-order valence-electron chi connectivity index (χ0n) is 18.9. The molecule has 1 heterocycles. The summed E-state index contributed by atoms with van der Waals surface area (Å²) in [5, 5.41) is 4.21. The number of methoxy groups -OCH3 is 1. The van der Waals surface area contributed by atoms with E-state index in [-0.39, 0.29) is 11.4 Å². The minimum Gasteiger partial charge on any atom is -0.494 e. The van der Waals surface area contributed by atoms with Crippen molar-refractivity contribution >= 4 is 17.3 Å². The van der Waals surface area contributed by atoms with Crippen LogP contribution in [0.3, 0.4) is 0 Å². The van der Waals surface area contributed by atoms with Crippen LogP contribution in [-0.2, 0) is 9.53 Å². The van der Waals surface area contributed by atoms with Crippen LogP contribution < -0.4 is 4.74 Å². The molecule has 0 aliphatic heterocycles. The average molecular weight is 437 g/mol. The standard InChI is InChI=1S/C27H32O3S/c1-27(2,3)17-9-5-7-12-22(26(28)29-4)13-8-6-10-18-30-25-15-11-14-23(20-25)24-16-19-31-21-24/h5,7,11,13-16,19-21H,6,8,10,12,18H2,1-4H3. The maximum Gasteiger partial charge on any atom is 0.333 e. The van der Waals surface area contributed by atoms with E-state index in [1.54, 1.807) is 17.4 Å². The summed E-state index contributed by atoms with van der Waals surface area (Å²) in [6.07, 6.45) is 8.87. The van der Waals surface area contributed by atoms with Gasteiger partial charge in [0, 0.05) is 11.0 Å². The van der Waals surface area contributed by atoms with Crippen molar-refractivity contribution in [3.63, 3.8) is 0 Å². The number of ether oxygens (including phenoxy) is 2. The molecule has 2 rings (SSSR count). The van der Waals surface area contributed by atoms with E-state index in [4.69, 9.17) is 9.47 Å². The molecule has 0 spiro atoms. The number of carbonyl (C=O) groups excluding carboxylic acids is 1. The van der Waals surface area contributed by atoms with Gasteiger partial charge in [-0.15, -0.1) is 0 Å². The van der Waals surface area contributed by atoms with Crippen LogP contribution in [0.15, 0.2) is 64.9 Å². The zero-order valence-corrected chi connectivity index (χ0v) is 19.8. The maximum absolute atomic E-state index is 12.0. The van der Waals surface area contributed by atoms with Crippen LogP contribution in [0.5, 0.6) is 5.75 Å². The lowest BCUT2D eigenvalue weighted by Crippen LogP contribution is -2.04. The van der Waals surface area contributed by atoms with E-state index in [0.29, 0.717) is 18.6 Å². The number of thiophene rings is 1. The molecular weight excluding hydrogens is 404 g/mol. The second-order valence-electron chi connectivity index (χ2n) is 8.23. The van der Waals surface area contributed by atoms with Gasteiger partial charge < -0.3 is 9.47 Å². The van der Waals surface area contributed by atoms with Gasteiger partial charge in [-0.05, 0) is 92.6 Å². The second-order valence-corrected chi connectivity index (χ2v) is 9.01. The highest BCUT2D eigenvalue weighted by atomic mass is 32.1. The monoisotopic (exact) mass is 436 g/mol. The summed E-state index contributed by atoms with van der Waals surface area (Å²) in [7, 11) is 1.41. The van der Waals surface area contributed by atoms with Gasteiger partial charge in [0.1, 0.15) is 5.75 Å². The third kappa shape index (κ3) is 9.72. The summed E-state index contributed by atoms with van der Waals surface area (Å²) in [4.78, 5) is 12.0. The summed E-state index contributed by atoms with van der Waals surface area (Å²) in [5.41, 5.74) is 3.03. The number of carbonyl (C=O) groups is 1. The third-order valence-corrected chi connectivity index (χ3v) is 5.06. The van der Waals surface area contributed by atoms with Crippen molar-refractivity contribution in [2.24, 2.45) is 5.41 Å². The molecule has 1 aromatic carbocycles. The molecule has 0 N–H and O–H groups in total. The number of esters is 1. The lowest BCUT2D eigenvalue weighted by molar-refractivity contribution is -0.136. The lowest BCUT2D eigenvalue weighted by Gasteiger charge is -2.07. The molecule has 3 nitrogen and oxygen atoms in total. The van der Waals surface area contributed by atoms with E-state index in [1.807, 2.05) is 24.3 Å². The zero-order chi connectivity index (χ0) is 22.5. The van der Waals surface area contributed by atoms with Crippen LogP contribution >= 0.6 is 11.3 Å². The Morgan fingerprint density at radius 3 is 2.71 bits per heavy atom. The molecule has 0 aliphatic carbocycles. The molecule has 0 bridgehead atoms. The molecule has 31 heavy (non-hydrogen) atoms. The molecule has 0 unspecified atom stereocenters. The van der Waals surface area contributed by atoms with Crippen LogP contribution in [0.2, 0.25) is 0 Å². The summed E-state index contributed by atoms with van der Waals surface area (Å²) in [5.74, 6) is 6.77. The van der Waals surface area contributed by atoms with Gasteiger partial charge >= 0.3 is 5.97 Å². The van der Waals surface area contributed by atoms with Crippen molar-refractivity contribution in [1.82, 2.24) is 0 Å². The molecule has 0 atom stereocenters. The van der Waals surface area contributed by atoms with Gasteiger partial charge in [-0.1, -0.05) is 36.1 Å². The Balaban J connectivity index is 1.77. The van der Waals surface area contributed by atoms with E-state index >= 15 is 0 Å². The van der Waals surface area contributed by atoms with Crippen molar-refractivity contribution in [1.29, 1.82) is 0 Å². The Morgan fingerprint density at radius 2 is 2.00 bits per heavy atom. The van der Waals surface area contributed by atoms with Gasteiger partial charge in [0.2, 0.25) is 0 Å². The Kier molecular flexibility index (Phi) is 10.1. The number of hydrogen-bond acceptors (Lipinski definition) is 4. The van der Waals surface area contributed by atoms with E-state index in [9.17, 15) is 4.79 Å². The molecule has 1 aromatic heterocycles. The molecule has 2 aromatic rings. The van der Waals surface area contributed by atoms with E-state index in [0.717, 1.165) is 25.0 Å². The van der Waals surface area contributed by atoms with Gasteiger partial charge in [-0.2, -0.15) is 11.3 Å². The number of hydrogen-bond donors (Lipinski definition) is 0. The van der Waals surface area contributed by atoms with Crippen LogP contribution in [0, 0.1) is 17.3 Å². The van der Waals surface area contributed by atoms with Gasteiger partial charge in [-0.25, -0.2) is 4.79 Å². The van der Waals surface area contributed by atoms with E-state index in [2.05, 4.69) is 61.6 Å². The fraction of sp³-hybridized carbons (Fsp3) is 0.370. The Morgan fingerprint density at radius 1 is 1.16 bits per heavy atom. The van der Waals surface area contributed by atoms with Crippen LogP contribution in [0.4, 0.5) is 0 Å². The average Bonchev–Trinajstić information content (AvgIpc) is 3.28. The minimum absolute atomic E-state index is 0.0291. The maximum atomic E-state index is 12.0. The van der Waals surface area contributed by atoms with E-state index in [1.165, 1.54) is 18.2 Å². The van der Waals surface area contributed by atoms with Crippen LogP contribution in [0.25, 0.3) is 11.1 Å². The summed E-state index contributed by atoms with van der Waals surface area (Å²) >= 11 is 1.69. The summed E-state index contributed by atoms with van der Waals surface area (Å²) < 4.78 is 10.8. The fourth-order valence-corrected chi connectivity index (χ4v) is 3.46. The number of benzene rings is 1. The summed E-state index contributed by atoms with van der Waals surface area (Å²) in [6.45, 7) is 6.85. The van der Waals surface area contributed by atoms with Crippen molar-refractivity contribution in [3.05, 3.63) is 64.9 Å². The van der Waals surface area contributed by atoms with Crippen molar-refractivity contribution < 1.29 is 14.3 Å². The first-order valence-electron chi connectivity index (χ1n) is 10.6. The molecule has 0 saturated carbocycles. The van der Waals surface area contributed by atoms with Crippen molar-refractivity contribution in [2.75, 3.05) is 13.7 Å². The number of unbranched alkanes of at least 4 members (excludes halogenated alkanes) is 2. The Labute approximate surface area is 190 Å². The smallest absolute Gasteiger partial charge is 0.333 e. The van der Waals surface area contributed by atoms with Gasteiger partial charge in [-0.3, -0.25) is 0 Å². The van der Waals surface area contributed by atoms with Gasteiger partial charge in [0.05, 0.1) is 13.7 Å². The molecular formula is C27H32O3S. The highest BCUT2D eigenvalue weighted by Gasteiger charge is 2.07. The molecule has 0 fully saturated rings. The quantitative estimate of drug-likeness (QED) is 0.173. The predicted molar refractivity (Wildman–Crippen MR) is 130 cm³/mol. The number of allylic oxidation sites excluding steroid dienone is 3. The van der Waals surface area contributed by atoms with Crippen LogP contribution in [0.1, 0.15) is 46.5 Å². The predicted octanol–water partition coefficient (Wildman–Crippen LogP) is 7.06. The van der Waals surface area contributed by atoms with Crippen LogP contribution in [-0.4, -0.2) is 19.7 Å². The highest BCUT2D eigenvalue weighted by Crippen LogP contribution is 2.25. The third-order valence-electron chi connectivity index (χ3n) is 4.38.